The van der Waals surface area contributed by atoms with Crippen LogP contribution in [0.25, 0.3) is 6.08 Å². The third-order valence-electron chi connectivity index (χ3n) is 5.86. The van der Waals surface area contributed by atoms with E-state index in [1.54, 1.807) is 32.1 Å². The molecule has 1 atom stereocenters. The smallest absolute Gasteiger partial charge is 0.338 e. The maximum atomic E-state index is 13.6. The Hall–Kier alpha value is -4.05. The quantitative estimate of drug-likeness (QED) is 0.183. The zero-order valence-electron chi connectivity index (χ0n) is 20.8. The molecule has 10 heteroatoms. The van der Waals surface area contributed by atoms with Gasteiger partial charge in [-0.1, -0.05) is 48.9 Å². The zero-order chi connectivity index (χ0) is 26.5. The standard InChI is InChI=1S/C27H27N3O6S/c1-4-6-14-36-21-12-10-19(11-13-21)24-23(26(32)35-5-2)17(3)28-27-29(24)25(31)22(37-27)16-18-8-7-9-20(15-18)30(33)34/h7-13,15-16,24H,4-6,14H2,1-3H3/b22-16-. The van der Waals surface area contributed by atoms with Gasteiger partial charge in [-0.2, -0.15) is 0 Å². The average Bonchev–Trinajstić information content (AvgIpc) is 3.18. The number of fused-ring (bicyclic) bond motifs is 1. The number of ether oxygens (including phenoxy) is 2. The molecule has 4 rings (SSSR count). The van der Waals surface area contributed by atoms with E-state index in [4.69, 9.17) is 9.47 Å². The summed E-state index contributed by atoms with van der Waals surface area (Å²) in [5, 5.41) is 11.2. The van der Waals surface area contributed by atoms with Crippen LogP contribution >= 0.6 is 11.3 Å². The van der Waals surface area contributed by atoms with Gasteiger partial charge in [0, 0.05) is 12.1 Å². The maximum Gasteiger partial charge on any atom is 0.338 e. The van der Waals surface area contributed by atoms with E-state index in [1.807, 2.05) is 24.3 Å². The van der Waals surface area contributed by atoms with Crippen molar-refractivity contribution in [3.8, 4) is 5.75 Å². The van der Waals surface area contributed by atoms with Crippen LogP contribution in [-0.4, -0.2) is 28.7 Å². The average molecular weight is 522 g/mol. The highest BCUT2D eigenvalue weighted by Gasteiger charge is 2.33. The topological polar surface area (TPSA) is 113 Å². The first-order chi connectivity index (χ1) is 17.8. The number of aromatic nitrogens is 1. The summed E-state index contributed by atoms with van der Waals surface area (Å²) in [4.78, 5) is 42.3. The Bertz CT molecular complexity index is 1540. The largest absolute Gasteiger partial charge is 0.494 e. The molecule has 0 spiro atoms. The maximum absolute atomic E-state index is 13.6. The van der Waals surface area contributed by atoms with Crippen molar-refractivity contribution in [3.63, 3.8) is 0 Å². The van der Waals surface area contributed by atoms with Gasteiger partial charge in [-0.15, -0.1) is 0 Å². The normalized spacial score (nSPS) is 15.2. The molecular weight excluding hydrogens is 494 g/mol. The molecule has 1 aliphatic heterocycles. The van der Waals surface area contributed by atoms with E-state index in [2.05, 4.69) is 11.9 Å². The molecular formula is C27H27N3O6S. The minimum atomic E-state index is -0.743. The van der Waals surface area contributed by atoms with Crippen LogP contribution in [0.15, 0.2) is 69.6 Å². The second kappa shape index (κ2) is 11.3. The molecule has 2 aromatic carbocycles. The molecule has 0 amide bonds. The van der Waals surface area contributed by atoms with Gasteiger partial charge < -0.3 is 9.47 Å². The number of unbranched alkanes of at least 4 members (excludes halogenated alkanes) is 1. The Morgan fingerprint density at radius 2 is 1.97 bits per heavy atom. The molecule has 0 saturated carbocycles. The zero-order valence-corrected chi connectivity index (χ0v) is 21.6. The summed E-state index contributed by atoms with van der Waals surface area (Å²) in [7, 11) is 0. The Labute approximate surface area is 217 Å². The Balaban J connectivity index is 1.84. The lowest BCUT2D eigenvalue weighted by Gasteiger charge is -2.24. The van der Waals surface area contributed by atoms with Crippen molar-refractivity contribution in [2.45, 2.75) is 39.7 Å². The van der Waals surface area contributed by atoms with Crippen molar-refractivity contribution < 1.29 is 19.2 Å². The van der Waals surface area contributed by atoms with Gasteiger partial charge in [-0.05, 0) is 49.6 Å². The van der Waals surface area contributed by atoms with Crippen molar-refractivity contribution in [2.75, 3.05) is 13.2 Å². The first-order valence-electron chi connectivity index (χ1n) is 12.0. The van der Waals surface area contributed by atoms with Crippen LogP contribution in [0.4, 0.5) is 5.69 Å². The number of esters is 1. The van der Waals surface area contributed by atoms with Gasteiger partial charge in [0.15, 0.2) is 4.80 Å². The van der Waals surface area contributed by atoms with Gasteiger partial charge >= 0.3 is 5.97 Å². The highest BCUT2D eigenvalue weighted by atomic mass is 32.1. The fourth-order valence-electron chi connectivity index (χ4n) is 4.07. The summed E-state index contributed by atoms with van der Waals surface area (Å²) in [5.74, 6) is 0.165. The van der Waals surface area contributed by atoms with Gasteiger partial charge in [0.1, 0.15) is 5.75 Å². The number of carbonyl (C=O) groups excluding carboxylic acids is 1. The second-order valence-electron chi connectivity index (χ2n) is 8.43. The van der Waals surface area contributed by atoms with Gasteiger partial charge in [0.2, 0.25) is 0 Å². The lowest BCUT2D eigenvalue weighted by Crippen LogP contribution is -2.39. The summed E-state index contributed by atoms with van der Waals surface area (Å²) in [5.41, 5.74) is 1.57. The number of nitro benzene ring substituents is 1. The number of thiazole rings is 1. The Morgan fingerprint density at radius 3 is 2.65 bits per heavy atom. The highest BCUT2D eigenvalue weighted by molar-refractivity contribution is 7.07. The summed E-state index contributed by atoms with van der Waals surface area (Å²) in [6.07, 6.45) is 3.57. The fourth-order valence-corrected chi connectivity index (χ4v) is 5.11. The molecule has 1 unspecified atom stereocenters. The molecule has 0 saturated heterocycles. The summed E-state index contributed by atoms with van der Waals surface area (Å²) in [6.45, 7) is 6.33. The lowest BCUT2D eigenvalue weighted by atomic mass is 9.96. The highest BCUT2D eigenvalue weighted by Crippen LogP contribution is 2.31. The van der Waals surface area contributed by atoms with Crippen LogP contribution in [0.5, 0.6) is 5.75 Å². The number of benzene rings is 2. The van der Waals surface area contributed by atoms with Crippen LogP contribution in [0, 0.1) is 10.1 Å². The summed E-state index contributed by atoms with van der Waals surface area (Å²) in [6, 6.07) is 12.6. The number of nitrogens with zero attached hydrogens (tertiary/aromatic N) is 3. The van der Waals surface area contributed by atoms with E-state index in [0.717, 1.165) is 24.2 Å². The minimum absolute atomic E-state index is 0.0684. The van der Waals surface area contributed by atoms with Crippen LogP contribution in [0.3, 0.4) is 0 Å². The first kappa shape index (κ1) is 26.0. The number of non-ortho nitro benzene ring substituents is 1. The third-order valence-corrected chi connectivity index (χ3v) is 6.84. The van der Waals surface area contributed by atoms with Crippen LogP contribution in [0.1, 0.15) is 50.8 Å². The molecule has 0 fully saturated rings. The van der Waals surface area contributed by atoms with Crippen molar-refractivity contribution in [1.82, 2.24) is 4.57 Å². The minimum Gasteiger partial charge on any atom is -0.494 e. The second-order valence-corrected chi connectivity index (χ2v) is 9.43. The van der Waals surface area contributed by atoms with E-state index >= 15 is 0 Å². The molecule has 37 heavy (non-hydrogen) atoms. The molecule has 0 bridgehead atoms. The van der Waals surface area contributed by atoms with Crippen LogP contribution in [-0.2, 0) is 9.53 Å². The van der Waals surface area contributed by atoms with E-state index < -0.39 is 16.9 Å². The third kappa shape index (κ3) is 5.54. The lowest BCUT2D eigenvalue weighted by molar-refractivity contribution is -0.384. The Kier molecular flexibility index (Phi) is 7.98. The molecule has 0 aliphatic carbocycles. The Morgan fingerprint density at radius 1 is 1.22 bits per heavy atom. The van der Waals surface area contributed by atoms with Crippen LogP contribution < -0.4 is 19.6 Å². The summed E-state index contributed by atoms with van der Waals surface area (Å²) < 4.78 is 12.9. The summed E-state index contributed by atoms with van der Waals surface area (Å²) >= 11 is 1.16. The monoisotopic (exact) mass is 521 g/mol. The van der Waals surface area contributed by atoms with E-state index in [-0.39, 0.29) is 23.4 Å². The number of nitro groups is 1. The molecule has 2 heterocycles. The van der Waals surface area contributed by atoms with Gasteiger partial charge in [0.25, 0.3) is 11.2 Å². The van der Waals surface area contributed by atoms with Gasteiger partial charge in [0.05, 0.1) is 40.0 Å². The van der Waals surface area contributed by atoms with E-state index in [1.165, 1.54) is 16.7 Å². The van der Waals surface area contributed by atoms with E-state index in [0.29, 0.717) is 38.5 Å². The molecule has 1 aromatic heterocycles. The predicted octanol–water partition coefficient (Wildman–Crippen LogP) is 3.89. The molecule has 0 radical (unpaired) electrons. The van der Waals surface area contributed by atoms with Gasteiger partial charge in [-0.25, -0.2) is 9.79 Å². The number of carbonyl (C=O) groups is 1. The van der Waals surface area contributed by atoms with Crippen LogP contribution in [0.2, 0.25) is 0 Å². The fraction of sp³-hybridized carbons (Fsp3) is 0.296. The molecule has 0 N–H and O–H groups in total. The van der Waals surface area contributed by atoms with Crippen molar-refractivity contribution in [2.24, 2.45) is 4.99 Å². The predicted molar refractivity (Wildman–Crippen MR) is 140 cm³/mol. The first-order valence-corrected chi connectivity index (χ1v) is 12.8. The van der Waals surface area contributed by atoms with E-state index in [9.17, 15) is 19.7 Å². The molecule has 3 aromatic rings. The number of allylic oxidation sites excluding steroid dienone is 1. The SMILES string of the molecule is CCCCOc1ccc(C2C(C(=O)OCC)=C(C)N=c3s/c(=C\c4cccc([N+](=O)[O-])c4)c(=O)n32)cc1. The molecule has 192 valence electrons. The van der Waals surface area contributed by atoms with Crippen molar-refractivity contribution in [3.05, 3.63) is 101 Å². The molecule has 1 aliphatic rings. The number of rotatable bonds is 9. The van der Waals surface area contributed by atoms with Crippen molar-refractivity contribution in [1.29, 1.82) is 0 Å². The molecule has 9 nitrogen and oxygen atoms in total. The van der Waals surface area contributed by atoms with Crippen molar-refractivity contribution >= 4 is 29.1 Å². The number of hydrogen-bond donors (Lipinski definition) is 0. The van der Waals surface area contributed by atoms with Gasteiger partial charge in [-0.3, -0.25) is 19.5 Å². The number of hydrogen-bond acceptors (Lipinski definition) is 8.